The van der Waals surface area contributed by atoms with E-state index in [4.69, 9.17) is 9.47 Å². The molecule has 1 N–H and O–H groups in total. The molecule has 0 saturated heterocycles. The third-order valence-corrected chi connectivity index (χ3v) is 3.93. The van der Waals surface area contributed by atoms with Crippen LogP contribution in [0.1, 0.15) is 11.1 Å². The Morgan fingerprint density at radius 1 is 0.857 bits per heavy atom. The van der Waals surface area contributed by atoms with Crippen LogP contribution < -0.4 is 9.47 Å². The van der Waals surface area contributed by atoms with Crippen molar-refractivity contribution in [1.82, 2.24) is 4.98 Å². The quantitative estimate of drug-likeness (QED) is 0.768. The van der Waals surface area contributed by atoms with Crippen LogP contribution in [0.25, 0.3) is 22.0 Å². The highest BCUT2D eigenvalue weighted by molar-refractivity contribution is 5.89. The second-order valence-corrected chi connectivity index (χ2v) is 5.25. The Morgan fingerprint density at radius 3 is 2.33 bits per heavy atom. The van der Waals surface area contributed by atoms with Crippen molar-refractivity contribution in [3.05, 3.63) is 47.7 Å². The summed E-state index contributed by atoms with van der Waals surface area (Å²) < 4.78 is 10.7. The van der Waals surface area contributed by atoms with Crippen LogP contribution in [0, 0.1) is 13.8 Å². The lowest BCUT2D eigenvalue weighted by Crippen LogP contribution is -1.91. The van der Waals surface area contributed by atoms with E-state index in [9.17, 15) is 0 Å². The largest absolute Gasteiger partial charge is 0.493 e. The first-order chi connectivity index (χ1) is 10.1. The molecule has 0 spiro atoms. The van der Waals surface area contributed by atoms with Gasteiger partial charge in [-0.1, -0.05) is 6.07 Å². The molecule has 0 aliphatic carbocycles. The highest BCUT2D eigenvalue weighted by Crippen LogP contribution is 2.35. The van der Waals surface area contributed by atoms with Crippen LogP contribution in [0.15, 0.2) is 36.5 Å². The van der Waals surface area contributed by atoms with Crippen molar-refractivity contribution in [2.45, 2.75) is 13.8 Å². The van der Waals surface area contributed by atoms with Gasteiger partial charge in [0.2, 0.25) is 0 Å². The molecule has 3 aromatic rings. The van der Waals surface area contributed by atoms with Gasteiger partial charge in [0.25, 0.3) is 0 Å². The molecule has 0 amide bonds. The van der Waals surface area contributed by atoms with Crippen molar-refractivity contribution in [1.29, 1.82) is 0 Å². The Bertz CT molecular complexity index is 802. The van der Waals surface area contributed by atoms with Crippen LogP contribution in [0.4, 0.5) is 0 Å². The third kappa shape index (κ3) is 2.25. The van der Waals surface area contributed by atoms with E-state index in [1.807, 2.05) is 18.3 Å². The molecule has 0 saturated carbocycles. The lowest BCUT2D eigenvalue weighted by Gasteiger charge is -2.12. The van der Waals surface area contributed by atoms with Gasteiger partial charge in [-0.25, -0.2) is 0 Å². The van der Waals surface area contributed by atoms with E-state index in [0.29, 0.717) is 0 Å². The molecule has 0 fully saturated rings. The fraction of sp³-hybridized carbons (Fsp3) is 0.222. The predicted octanol–water partition coefficient (Wildman–Crippen LogP) is 4.47. The van der Waals surface area contributed by atoms with Crippen molar-refractivity contribution >= 4 is 10.9 Å². The first kappa shape index (κ1) is 13.6. The smallest absolute Gasteiger partial charge is 0.161 e. The summed E-state index contributed by atoms with van der Waals surface area (Å²) in [7, 11) is 3.31. The molecular weight excluding hydrogens is 262 g/mol. The first-order valence-corrected chi connectivity index (χ1v) is 6.94. The van der Waals surface area contributed by atoms with E-state index in [-0.39, 0.29) is 0 Å². The SMILES string of the molecule is COc1ccc(-c2cc3c(C)c[nH]c3cc2C)cc1OC. The zero-order valence-electron chi connectivity index (χ0n) is 12.8. The second-order valence-electron chi connectivity index (χ2n) is 5.25. The number of fused-ring (bicyclic) bond motifs is 1. The zero-order valence-corrected chi connectivity index (χ0v) is 12.8. The summed E-state index contributed by atoms with van der Waals surface area (Å²) in [6.45, 7) is 4.24. The Kier molecular flexibility index (Phi) is 3.34. The van der Waals surface area contributed by atoms with E-state index in [2.05, 4.69) is 37.0 Å². The summed E-state index contributed by atoms with van der Waals surface area (Å²) in [6.07, 6.45) is 2.04. The van der Waals surface area contributed by atoms with E-state index in [1.54, 1.807) is 14.2 Å². The number of H-pyrrole nitrogens is 1. The standard InChI is InChI=1S/C18H19NO2/c1-11-7-16-15(12(2)10-19-16)9-14(11)13-5-6-17(20-3)18(8-13)21-4/h5-10,19H,1-4H3. The molecule has 0 aliphatic rings. The van der Waals surface area contributed by atoms with Gasteiger partial charge in [0.1, 0.15) is 0 Å². The summed E-state index contributed by atoms with van der Waals surface area (Å²) in [6, 6.07) is 10.5. The predicted molar refractivity (Wildman–Crippen MR) is 86.3 cm³/mol. The number of methoxy groups -OCH3 is 2. The van der Waals surface area contributed by atoms with Gasteiger partial charge in [-0.3, -0.25) is 0 Å². The molecule has 21 heavy (non-hydrogen) atoms. The van der Waals surface area contributed by atoms with E-state index in [0.717, 1.165) is 17.1 Å². The van der Waals surface area contributed by atoms with Crippen LogP contribution in [-0.2, 0) is 0 Å². The van der Waals surface area contributed by atoms with E-state index < -0.39 is 0 Å². The van der Waals surface area contributed by atoms with Crippen molar-refractivity contribution in [3.63, 3.8) is 0 Å². The lowest BCUT2D eigenvalue weighted by molar-refractivity contribution is 0.355. The van der Waals surface area contributed by atoms with Crippen LogP contribution in [-0.4, -0.2) is 19.2 Å². The maximum atomic E-state index is 5.40. The number of aromatic nitrogens is 1. The maximum absolute atomic E-state index is 5.40. The molecule has 2 aromatic carbocycles. The summed E-state index contributed by atoms with van der Waals surface area (Å²) in [5.74, 6) is 1.50. The fourth-order valence-corrected chi connectivity index (χ4v) is 2.73. The fourth-order valence-electron chi connectivity index (χ4n) is 2.73. The molecule has 1 aromatic heterocycles. The van der Waals surface area contributed by atoms with Crippen LogP contribution in [0.5, 0.6) is 11.5 Å². The van der Waals surface area contributed by atoms with Gasteiger partial charge in [0, 0.05) is 17.1 Å². The average Bonchev–Trinajstić information content (AvgIpc) is 2.86. The molecule has 108 valence electrons. The Hall–Kier alpha value is -2.42. The number of nitrogens with one attached hydrogen (secondary N) is 1. The monoisotopic (exact) mass is 281 g/mol. The molecule has 3 heteroatoms. The van der Waals surface area contributed by atoms with Gasteiger partial charge in [0.05, 0.1) is 14.2 Å². The first-order valence-electron chi connectivity index (χ1n) is 6.94. The van der Waals surface area contributed by atoms with Gasteiger partial charge in [-0.2, -0.15) is 0 Å². The number of benzene rings is 2. The number of rotatable bonds is 3. The second kappa shape index (κ2) is 5.17. The minimum absolute atomic E-state index is 0.748. The topological polar surface area (TPSA) is 34.2 Å². The Balaban J connectivity index is 2.19. The zero-order chi connectivity index (χ0) is 15.0. The van der Waals surface area contributed by atoms with E-state index in [1.165, 1.54) is 27.6 Å². The molecule has 0 aliphatic heterocycles. The van der Waals surface area contributed by atoms with Gasteiger partial charge in [0.15, 0.2) is 11.5 Å². The summed E-state index contributed by atoms with van der Waals surface area (Å²) in [4.78, 5) is 3.30. The minimum atomic E-state index is 0.748. The lowest BCUT2D eigenvalue weighted by atomic mass is 9.97. The molecule has 1 heterocycles. The van der Waals surface area contributed by atoms with Gasteiger partial charge < -0.3 is 14.5 Å². The van der Waals surface area contributed by atoms with Crippen molar-refractivity contribution in [2.24, 2.45) is 0 Å². The maximum Gasteiger partial charge on any atom is 0.161 e. The number of aromatic amines is 1. The van der Waals surface area contributed by atoms with Crippen molar-refractivity contribution < 1.29 is 9.47 Å². The summed E-state index contributed by atoms with van der Waals surface area (Å²) >= 11 is 0. The van der Waals surface area contributed by atoms with E-state index >= 15 is 0 Å². The molecule has 0 atom stereocenters. The number of hydrogen-bond acceptors (Lipinski definition) is 2. The molecule has 0 unspecified atom stereocenters. The van der Waals surface area contributed by atoms with Gasteiger partial charge in [-0.05, 0) is 60.4 Å². The normalized spacial score (nSPS) is 10.9. The van der Waals surface area contributed by atoms with Crippen LogP contribution in [0.2, 0.25) is 0 Å². The highest BCUT2D eigenvalue weighted by atomic mass is 16.5. The molecular formula is C18H19NO2. The molecule has 0 bridgehead atoms. The van der Waals surface area contributed by atoms with Gasteiger partial charge in [-0.15, -0.1) is 0 Å². The molecule has 3 nitrogen and oxygen atoms in total. The number of hydrogen-bond donors (Lipinski definition) is 1. The molecule has 0 radical (unpaired) electrons. The van der Waals surface area contributed by atoms with Crippen molar-refractivity contribution in [3.8, 4) is 22.6 Å². The van der Waals surface area contributed by atoms with Crippen LogP contribution >= 0.6 is 0 Å². The minimum Gasteiger partial charge on any atom is -0.493 e. The number of aryl methyl sites for hydroxylation is 2. The van der Waals surface area contributed by atoms with Crippen LogP contribution in [0.3, 0.4) is 0 Å². The van der Waals surface area contributed by atoms with Crippen molar-refractivity contribution in [2.75, 3.05) is 14.2 Å². The van der Waals surface area contributed by atoms with Gasteiger partial charge >= 0.3 is 0 Å². The Labute approximate surface area is 124 Å². The average molecular weight is 281 g/mol. The molecule has 3 rings (SSSR count). The number of ether oxygens (including phenoxy) is 2. The highest BCUT2D eigenvalue weighted by Gasteiger charge is 2.10. The third-order valence-electron chi connectivity index (χ3n) is 3.93. The summed E-state index contributed by atoms with van der Waals surface area (Å²) in [5, 5.41) is 1.25. The Morgan fingerprint density at radius 2 is 1.62 bits per heavy atom. The summed E-state index contributed by atoms with van der Waals surface area (Å²) in [5.41, 5.74) is 6.01.